The summed E-state index contributed by atoms with van der Waals surface area (Å²) < 4.78 is 255. The molecular weight excluding hydrogens is 546 g/mol. The van der Waals surface area contributed by atoms with Crippen LogP contribution in [-0.2, 0) is 19.5 Å². The van der Waals surface area contributed by atoms with Crippen molar-refractivity contribution in [1.82, 2.24) is 0 Å². The molecule has 0 aliphatic carbocycles. The van der Waals surface area contributed by atoms with E-state index in [1.807, 2.05) is 0 Å². The highest BCUT2D eigenvalue weighted by atomic mass is 32.3. The SMILES string of the molecule is O=C(C(F)(F)F)C(OS(=O)(=O)F)(C(F)(C(F)(F)F)C(F)(F)F)C(F)(C(F)(F)F)C(F)(F)F. The minimum Gasteiger partial charge on any atom is -0.286 e. The maximum Gasteiger partial charge on any atom is 0.453 e. The Morgan fingerprint density at radius 2 is 0.750 bits per heavy atom. The van der Waals surface area contributed by atoms with E-state index >= 15 is 0 Å². The third-order valence-corrected chi connectivity index (χ3v) is 3.78. The molecule has 0 bridgehead atoms. The second-order valence-electron chi connectivity index (χ2n) is 5.29. The van der Waals surface area contributed by atoms with Crippen molar-refractivity contribution >= 4 is 16.3 Å². The fraction of sp³-hybridized carbons (Fsp3) is 0.889. The predicted octanol–water partition coefficient (Wildman–Crippen LogP) is 4.75. The Bertz CT molecular complexity index is 757. The number of carbonyl (C=O) groups is 1. The molecule has 0 unspecified atom stereocenters. The summed E-state index contributed by atoms with van der Waals surface area (Å²) in [6.07, 6.45) is -42.7. The Labute approximate surface area is 161 Å². The highest BCUT2D eigenvalue weighted by Crippen LogP contribution is 2.66. The van der Waals surface area contributed by atoms with Crippen LogP contribution in [0.4, 0.5) is 78.5 Å². The second-order valence-corrected chi connectivity index (χ2v) is 6.25. The fourth-order valence-corrected chi connectivity index (χ4v) is 2.78. The molecule has 0 spiro atoms. The molecule has 23 heteroatoms. The predicted molar refractivity (Wildman–Crippen MR) is 56.8 cm³/mol. The lowest BCUT2D eigenvalue weighted by Gasteiger charge is -2.50. The molecule has 0 N–H and O–H groups in total. The van der Waals surface area contributed by atoms with Crippen LogP contribution in [0.25, 0.3) is 0 Å². The molecule has 0 rings (SSSR count). The van der Waals surface area contributed by atoms with Gasteiger partial charge < -0.3 is 0 Å². The van der Waals surface area contributed by atoms with Gasteiger partial charge in [0.05, 0.1) is 0 Å². The summed E-state index contributed by atoms with van der Waals surface area (Å²) in [5.41, 5.74) is -27.3. The molecule has 0 saturated heterocycles. The van der Waals surface area contributed by atoms with Crippen LogP contribution >= 0.6 is 0 Å². The smallest absolute Gasteiger partial charge is 0.286 e. The van der Waals surface area contributed by atoms with E-state index in [0.717, 1.165) is 0 Å². The van der Waals surface area contributed by atoms with Crippen molar-refractivity contribution in [2.75, 3.05) is 0 Å². The average molecular weight is 546 g/mol. The monoisotopic (exact) mass is 546 g/mol. The van der Waals surface area contributed by atoms with Gasteiger partial charge in [-0.15, -0.1) is 0 Å². The van der Waals surface area contributed by atoms with Crippen molar-refractivity contribution in [3.05, 3.63) is 0 Å². The molecule has 0 heterocycles. The topological polar surface area (TPSA) is 60.4 Å². The van der Waals surface area contributed by atoms with Gasteiger partial charge in [0.15, 0.2) is 0 Å². The first-order valence-corrected chi connectivity index (χ1v) is 7.58. The van der Waals surface area contributed by atoms with E-state index in [-0.39, 0.29) is 0 Å². The number of hydrogen-bond donors (Lipinski definition) is 0. The molecule has 0 aromatic rings. The van der Waals surface area contributed by atoms with Crippen LogP contribution in [0.5, 0.6) is 0 Å². The molecule has 0 aliphatic heterocycles. The van der Waals surface area contributed by atoms with Gasteiger partial charge in [0.25, 0.3) is 11.4 Å². The molecule has 32 heavy (non-hydrogen) atoms. The minimum atomic E-state index is -9.15. The highest BCUT2D eigenvalue weighted by molar-refractivity contribution is 7.81. The molecule has 4 nitrogen and oxygen atoms in total. The normalized spacial score (nSPS) is 16.3. The van der Waals surface area contributed by atoms with Gasteiger partial charge in [-0.25, -0.2) is 13.0 Å². The van der Waals surface area contributed by atoms with Gasteiger partial charge in [-0.1, -0.05) is 3.89 Å². The molecule has 192 valence electrons. The summed E-state index contributed by atoms with van der Waals surface area (Å²) in [6, 6.07) is 0. The quantitative estimate of drug-likeness (QED) is 0.369. The van der Waals surface area contributed by atoms with Crippen molar-refractivity contribution in [2.45, 2.75) is 47.8 Å². The number of Topliss-reactive ketones (excluding diaryl/α,β-unsaturated/α-hetero) is 1. The van der Waals surface area contributed by atoms with Gasteiger partial charge in [0.1, 0.15) is 0 Å². The van der Waals surface area contributed by atoms with Gasteiger partial charge in [0, 0.05) is 0 Å². The lowest BCUT2D eigenvalue weighted by molar-refractivity contribution is -0.442. The first-order chi connectivity index (χ1) is 13.4. The van der Waals surface area contributed by atoms with Gasteiger partial charge in [-0.3, -0.25) is 4.79 Å². The van der Waals surface area contributed by atoms with E-state index in [0.29, 0.717) is 0 Å². The first-order valence-electron chi connectivity index (χ1n) is 6.28. The van der Waals surface area contributed by atoms with Crippen molar-refractivity contribution in [1.29, 1.82) is 0 Å². The van der Waals surface area contributed by atoms with Crippen LogP contribution in [0.2, 0.25) is 0 Å². The van der Waals surface area contributed by atoms with Crippen molar-refractivity contribution in [3.8, 4) is 0 Å². The van der Waals surface area contributed by atoms with Crippen molar-refractivity contribution in [3.63, 3.8) is 0 Å². The number of hydrogen-bond acceptors (Lipinski definition) is 4. The minimum absolute atomic E-state index is 1.36. The first kappa shape index (κ1) is 30.3. The Hall–Kier alpha value is -1.68. The van der Waals surface area contributed by atoms with Crippen molar-refractivity contribution < 1.29 is 95.9 Å². The number of rotatable bonds is 5. The fourth-order valence-electron chi connectivity index (χ4n) is 2.17. The largest absolute Gasteiger partial charge is 0.453 e. The zero-order valence-electron chi connectivity index (χ0n) is 13.3. The number of ketones is 1. The van der Waals surface area contributed by atoms with Crippen LogP contribution < -0.4 is 0 Å². The number of halogens is 18. The Morgan fingerprint density at radius 1 is 0.531 bits per heavy atom. The molecular formula is C9F18O4S. The lowest BCUT2D eigenvalue weighted by Crippen LogP contribution is -2.86. The Morgan fingerprint density at radius 3 is 0.875 bits per heavy atom. The van der Waals surface area contributed by atoms with Gasteiger partial charge in [-0.05, 0) is 0 Å². The molecule has 0 amide bonds. The summed E-state index contributed by atoms with van der Waals surface area (Å²) in [5.74, 6) is -6.04. The zero-order chi connectivity index (χ0) is 26.8. The molecule has 0 fully saturated rings. The second kappa shape index (κ2) is 7.41. The third-order valence-electron chi connectivity index (χ3n) is 3.33. The van der Waals surface area contributed by atoms with E-state index in [1.165, 1.54) is 4.18 Å². The van der Waals surface area contributed by atoms with Gasteiger partial charge in [0.2, 0.25) is 0 Å². The average Bonchev–Trinajstić information content (AvgIpc) is 2.43. The van der Waals surface area contributed by atoms with Crippen LogP contribution in [0.3, 0.4) is 0 Å². The molecule has 0 atom stereocenters. The van der Waals surface area contributed by atoms with Crippen LogP contribution in [0, 0.1) is 0 Å². The number of carbonyl (C=O) groups excluding carboxylic acids is 1. The standard InChI is InChI=1S/C9F18O4S/c10-3(11,12)1(28)2(31-32(27,29)30,4(13,6(15,16)17)7(18,19)20)5(14,8(21,22)23)9(24,25)26. The molecule has 0 radical (unpaired) electrons. The molecule has 0 aromatic heterocycles. The highest BCUT2D eigenvalue weighted by Gasteiger charge is 3.00. The molecule has 0 aliphatic rings. The summed E-state index contributed by atoms with van der Waals surface area (Å²) in [5, 5.41) is 0. The number of alkyl halides is 17. The maximum atomic E-state index is 14.2. The van der Waals surface area contributed by atoms with E-state index < -0.39 is 64.1 Å². The summed E-state index contributed by atoms with van der Waals surface area (Å²) >= 11 is 0. The van der Waals surface area contributed by atoms with E-state index in [2.05, 4.69) is 0 Å². The van der Waals surface area contributed by atoms with E-state index in [4.69, 9.17) is 0 Å². The van der Waals surface area contributed by atoms with E-state index in [9.17, 15) is 91.7 Å². The van der Waals surface area contributed by atoms with Gasteiger partial charge >= 0.3 is 52.7 Å². The summed E-state index contributed by atoms with van der Waals surface area (Å²) in [7, 11) is -8.50. The van der Waals surface area contributed by atoms with Crippen LogP contribution in [-0.4, -0.2) is 62.0 Å². The van der Waals surface area contributed by atoms with Gasteiger partial charge in [-0.2, -0.15) is 74.3 Å². The van der Waals surface area contributed by atoms with Crippen LogP contribution in [0.15, 0.2) is 0 Å². The zero-order valence-corrected chi connectivity index (χ0v) is 14.2. The molecule has 0 aromatic carbocycles. The lowest BCUT2D eigenvalue weighted by atomic mass is 9.67. The van der Waals surface area contributed by atoms with Crippen LogP contribution in [0.1, 0.15) is 0 Å². The van der Waals surface area contributed by atoms with Crippen molar-refractivity contribution in [2.24, 2.45) is 0 Å². The molecule has 0 saturated carbocycles. The Kier molecular flexibility index (Phi) is 7.02. The maximum absolute atomic E-state index is 14.2. The third kappa shape index (κ3) is 4.27. The Balaban J connectivity index is 8.68. The van der Waals surface area contributed by atoms with E-state index in [1.54, 1.807) is 0 Å². The summed E-state index contributed by atoms with van der Waals surface area (Å²) in [6.45, 7) is 0. The summed E-state index contributed by atoms with van der Waals surface area (Å²) in [4.78, 5) is 11.1.